The van der Waals surface area contributed by atoms with Crippen molar-refractivity contribution in [1.82, 2.24) is 10.6 Å². The van der Waals surface area contributed by atoms with E-state index in [1.165, 1.54) is 0 Å². The van der Waals surface area contributed by atoms with Crippen LogP contribution in [0.3, 0.4) is 0 Å². The van der Waals surface area contributed by atoms with Crippen LogP contribution in [0.15, 0.2) is 60.7 Å². The molecular weight excluding hydrogens is 376 g/mol. The average molecular weight is 405 g/mol. The molecule has 3 rings (SSSR count). The van der Waals surface area contributed by atoms with Gasteiger partial charge in [0.2, 0.25) is 5.91 Å². The van der Waals surface area contributed by atoms with Crippen molar-refractivity contribution >= 4 is 22.6 Å². The van der Waals surface area contributed by atoms with Gasteiger partial charge >= 0.3 is 0 Å². The predicted octanol–water partition coefficient (Wildman–Crippen LogP) is 4.23. The van der Waals surface area contributed by atoms with Gasteiger partial charge in [-0.1, -0.05) is 50.2 Å². The summed E-state index contributed by atoms with van der Waals surface area (Å²) >= 11 is 0. The highest BCUT2D eigenvalue weighted by Gasteiger charge is 2.25. The van der Waals surface area contributed by atoms with Crippen molar-refractivity contribution in [2.24, 2.45) is 5.92 Å². The highest BCUT2D eigenvalue weighted by Crippen LogP contribution is 2.22. The van der Waals surface area contributed by atoms with Crippen LogP contribution in [-0.2, 0) is 11.3 Å². The van der Waals surface area contributed by atoms with Gasteiger partial charge in [-0.2, -0.15) is 0 Å². The highest BCUT2D eigenvalue weighted by molar-refractivity contribution is 5.98. The fraction of sp³-hybridized carbons (Fsp3) is 0.280. The molecule has 0 aromatic heterocycles. The molecule has 0 radical (unpaired) electrons. The summed E-state index contributed by atoms with van der Waals surface area (Å²) in [5.74, 6) is 0.345. The number of carbonyl (C=O) groups is 2. The van der Waals surface area contributed by atoms with Crippen LogP contribution in [0.2, 0.25) is 0 Å². The number of carbonyl (C=O) groups excluding carboxylic acids is 2. The average Bonchev–Trinajstić information content (AvgIpc) is 2.75. The van der Waals surface area contributed by atoms with Crippen molar-refractivity contribution in [2.75, 3.05) is 7.11 Å². The highest BCUT2D eigenvalue weighted by atomic mass is 16.5. The molecule has 5 nitrogen and oxygen atoms in total. The molecule has 0 aliphatic carbocycles. The van der Waals surface area contributed by atoms with Gasteiger partial charge in [-0.05, 0) is 59.0 Å². The SMILES string of the molecule is COc1ccc2cc(CNC(=O)[C@@H](NC(=O)c3ccccc3C)C(C)C)ccc2c1. The largest absolute Gasteiger partial charge is 0.497 e. The van der Waals surface area contributed by atoms with Crippen molar-refractivity contribution < 1.29 is 14.3 Å². The lowest BCUT2D eigenvalue weighted by Crippen LogP contribution is -2.49. The Hall–Kier alpha value is -3.34. The third-order valence-electron chi connectivity index (χ3n) is 5.20. The molecule has 0 fully saturated rings. The van der Waals surface area contributed by atoms with Crippen LogP contribution in [0.1, 0.15) is 35.3 Å². The molecule has 0 bridgehead atoms. The van der Waals surface area contributed by atoms with E-state index in [1.54, 1.807) is 13.2 Å². The summed E-state index contributed by atoms with van der Waals surface area (Å²) in [4.78, 5) is 25.5. The zero-order valence-electron chi connectivity index (χ0n) is 17.9. The number of fused-ring (bicyclic) bond motifs is 1. The van der Waals surface area contributed by atoms with Crippen molar-refractivity contribution in [1.29, 1.82) is 0 Å². The topological polar surface area (TPSA) is 67.4 Å². The van der Waals surface area contributed by atoms with Gasteiger partial charge in [0.1, 0.15) is 11.8 Å². The molecule has 0 unspecified atom stereocenters. The zero-order chi connectivity index (χ0) is 21.7. The van der Waals surface area contributed by atoms with Crippen LogP contribution < -0.4 is 15.4 Å². The van der Waals surface area contributed by atoms with Gasteiger partial charge in [-0.3, -0.25) is 9.59 Å². The Kier molecular flexibility index (Phi) is 6.72. The van der Waals surface area contributed by atoms with E-state index in [-0.39, 0.29) is 17.7 Å². The van der Waals surface area contributed by atoms with E-state index in [0.29, 0.717) is 12.1 Å². The second-order valence-electron chi connectivity index (χ2n) is 7.78. The minimum absolute atomic E-state index is 0.0398. The van der Waals surface area contributed by atoms with Gasteiger partial charge in [0, 0.05) is 12.1 Å². The Morgan fingerprint density at radius 1 is 0.967 bits per heavy atom. The molecule has 3 aromatic rings. The standard InChI is InChI=1S/C25H28N2O3/c1-16(2)23(27-24(28)22-8-6-5-7-17(22)3)25(29)26-15-18-9-10-20-14-21(30-4)12-11-19(20)13-18/h5-14,16,23H,15H2,1-4H3,(H,26,29)(H,27,28)/t23-/m0/s1. The zero-order valence-corrected chi connectivity index (χ0v) is 17.9. The maximum atomic E-state index is 12.8. The number of benzene rings is 3. The Morgan fingerprint density at radius 2 is 1.67 bits per heavy atom. The molecule has 0 aliphatic rings. The first kappa shape index (κ1) is 21.4. The third kappa shape index (κ3) is 4.98. The molecule has 2 amide bonds. The first-order valence-electron chi connectivity index (χ1n) is 10.1. The van der Waals surface area contributed by atoms with E-state index < -0.39 is 6.04 Å². The fourth-order valence-corrected chi connectivity index (χ4v) is 3.39. The lowest BCUT2D eigenvalue weighted by atomic mass is 10.0. The summed E-state index contributed by atoms with van der Waals surface area (Å²) < 4.78 is 5.26. The number of hydrogen-bond acceptors (Lipinski definition) is 3. The molecule has 2 N–H and O–H groups in total. The van der Waals surface area contributed by atoms with E-state index in [4.69, 9.17) is 4.74 Å². The number of aryl methyl sites for hydroxylation is 1. The summed E-state index contributed by atoms with van der Waals surface area (Å²) in [7, 11) is 1.65. The van der Waals surface area contributed by atoms with E-state index in [1.807, 2.05) is 75.4 Å². The first-order valence-corrected chi connectivity index (χ1v) is 10.1. The molecule has 5 heteroatoms. The number of nitrogens with one attached hydrogen (secondary N) is 2. The third-order valence-corrected chi connectivity index (χ3v) is 5.20. The van der Waals surface area contributed by atoms with Crippen molar-refractivity contribution in [3.05, 3.63) is 77.4 Å². The number of hydrogen-bond donors (Lipinski definition) is 2. The molecule has 156 valence electrons. The number of methoxy groups -OCH3 is 1. The van der Waals surface area contributed by atoms with Gasteiger partial charge in [0.05, 0.1) is 7.11 Å². The lowest BCUT2D eigenvalue weighted by Gasteiger charge is -2.22. The fourth-order valence-electron chi connectivity index (χ4n) is 3.39. The Bertz CT molecular complexity index is 1060. The van der Waals surface area contributed by atoms with Crippen molar-refractivity contribution in [3.63, 3.8) is 0 Å². The number of ether oxygens (including phenoxy) is 1. The molecule has 1 atom stereocenters. The van der Waals surface area contributed by atoms with Crippen LogP contribution in [0.4, 0.5) is 0 Å². The van der Waals surface area contributed by atoms with Crippen molar-refractivity contribution in [3.8, 4) is 5.75 Å². The summed E-state index contributed by atoms with van der Waals surface area (Å²) in [5.41, 5.74) is 2.46. The van der Waals surface area contributed by atoms with Gasteiger partial charge in [0.15, 0.2) is 0 Å². The second kappa shape index (κ2) is 9.44. The maximum absolute atomic E-state index is 12.8. The summed E-state index contributed by atoms with van der Waals surface area (Å²) in [5, 5.41) is 8.01. The normalized spacial score (nSPS) is 11.9. The van der Waals surface area contributed by atoms with E-state index in [2.05, 4.69) is 10.6 Å². The molecule has 0 saturated carbocycles. The lowest BCUT2D eigenvalue weighted by molar-refractivity contribution is -0.124. The van der Waals surface area contributed by atoms with Crippen LogP contribution in [0.25, 0.3) is 10.8 Å². The first-order chi connectivity index (χ1) is 14.4. The molecule has 0 aliphatic heterocycles. The van der Waals surface area contributed by atoms with Crippen LogP contribution >= 0.6 is 0 Å². The van der Waals surface area contributed by atoms with E-state index in [9.17, 15) is 9.59 Å². The Morgan fingerprint density at radius 3 is 2.37 bits per heavy atom. The maximum Gasteiger partial charge on any atom is 0.252 e. The molecule has 0 spiro atoms. The van der Waals surface area contributed by atoms with Crippen LogP contribution in [0, 0.1) is 12.8 Å². The summed E-state index contributed by atoms with van der Waals surface area (Å²) in [6.45, 7) is 6.12. The molecule has 0 heterocycles. The van der Waals surface area contributed by atoms with Gasteiger partial charge in [-0.15, -0.1) is 0 Å². The summed E-state index contributed by atoms with van der Waals surface area (Å²) in [6.07, 6.45) is 0. The minimum atomic E-state index is -0.609. The van der Waals surface area contributed by atoms with E-state index >= 15 is 0 Å². The second-order valence-corrected chi connectivity index (χ2v) is 7.78. The van der Waals surface area contributed by atoms with Crippen LogP contribution in [-0.4, -0.2) is 25.0 Å². The van der Waals surface area contributed by atoms with Crippen molar-refractivity contribution in [2.45, 2.75) is 33.4 Å². The number of amides is 2. The molecular formula is C25H28N2O3. The Balaban J connectivity index is 1.67. The predicted molar refractivity (Wildman–Crippen MR) is 120 cm³/mol. The van der Waals surface area contributed by atoms with Gasteiger partial charge in [0.25, 0.3) is 5.91 Å². The molecule has 30 heavy (non-hydrogen) atoms. The van der Waals surface area contributed by atoms with Gasteiger partial charge in [-0.25, -0.2) is 0 Å². The molecule has 0 saturated heterocycles. The van der Waals surface area contributed by atoms with Crippen LogP contribution in [0.5, 0.6) is 5.75 Å². The minimum Gasteiger partial charge on any atom is -0.497 e. The monoisotopic (exact) mass is 404 g/mol. The quantitative estimate of drug-likeness (QED) is 0.619. The summed E-state index contributed by atoms with van der Waals surface area (Å²) in [6, 6.07) is 18.7. The van der Waals surface area contributed by atoms with E-state index in [0.717, 1.165) is 27.6 Å². The Labute approximate surface area is 177 Å². The smallest absolute Gasteiger partial charge is 0.252 e. The molecule has 3 aromatic carbocycles. The van der Waals surface area contributed by atoms with Gasteiger partial charge < -0.3 is 15.4 Å². The number of rotatable bonds is 7.